The predicted molar refractivity (Wildman–Crippen MR) is 90.8 cm³/mol. The van der Waals surface area contributed by atoms with Gasteiger partial charge in [0.25, 0.3) is 0 Å². The molecule has 1 aliphatic heterocycles. The maximum absolute atomic E-state index is 13.4. The molecule has 4 nitrogen and oxygen atoms in total. The van der Waals surface area contributed by atoms with Gasteiger partial charge in [-0.05, 0) is 29.3 Å². The number of amides is 1. The van der Waals surface area contributed by atoms with Gasteiger partial charge >= 0.3 is 0 Å². The van der Waals surface area contributed by atoms with Crippen molar-refractivity contribution in [2.45, 2.75) is 19.1 Å². The van der Waals surface area contributed by atoms with Gasteiger partial charge in [0.05, 0.1) is 13.2 Å². The third-order valence-electron chi connectivity index (χ3n) is 4.14. The van der Waals surface area contributed by atoms with Crippen molar-refractivity contribution in [2.24, 2.45) is 5.73 Å². The quantitative estimate of drug-likeness (QED) is 0.795. The Hall–Kier alpha value is -2.40. The monoisotopic (exact) mass is 327 g/mol. The third-order valence-corrected chi connectivity index (χ3v) is 4.14. The lowest BCUT2D eigenvalue weighted by Gasteiger charge is -2.25. The molecule has 0 fully saturated rings. The van der Waals surface area contributed by atoms with Crippen molar-refractivity contribution in [2.75, 3.05) is 18.1 Å². The first-order valence-electron chi connectivity index (χ1n) is 7.93. The highest BCUT2D eigenvalue weighted by atomic mass is 19.1. The van der Waals surface area contributed by atoms with Crippen molar-refractivity contribution in [1.82, 2.24) is 0 Å². The Kier molecular flexibility index (Phi) is 5.11. The summed E-state index contributed by atoms with van der Waals surface area (Å²) in [6, 6.07) is 14.1. The van der Waals surface area contributed by atoms with Gasteiger partial charge in [-0.25, -0.2) is 4.39 Å². The zero-order valence-electron chi connectivity index (χ0n) is 13.3. The van der Waals surface area contributed by atoms with E-state index in [1.807, 2.05) is 41.7 Å². The van der Waals surface area contributed by atoms with E-state index < -0.39 is 11.9 Å². The molecule has 0 aliphatic carbocycles. The second-order valence-corrected chi connectivity index (χ2v) is 5.84. The molecule has 3 rings (SSSR count). The number of anilines is 1. The third kappa shape index (κ3) is 3.74. The Labute approximate surface area is 141 Å². The summed E-state index contributed by atoms with van der Waals surface area (Å²) in [6.07, 6.45) is 2.40. The predicted octanol–water partition coefficient (Wildman–Crippen LogP) is 2.46. The molecule has 2 aromatic rings. The van der Waals surface area contributed by atoms with E-state index in [2.05, 4.69) is 0 Å². The molecule has 1 atom stereocenters. The number of rotatable bonds is 7. The summed E-state index contributed by atoms with van der Waals surface area (Å²) in [5.41, 5.74) is 8.28. The van der Waals surface area contributed by atoms with Gasteiger partial charge in [0.1, 0.15) is 11.9 Å². The topological polar surface area (TPSA) is 55.6 Å². The number of nitrogens with zero attached hydrogens (tertiary/aromatic N) is 1. The van der Waals surface area contributed by atoms with Gasteiger partial charge in [-0.3, -0.25) is 4.79 Å². The molecular formula is C19H20FN2O2. The minimum absolute atomic E-state index is 0.297. The maximum atomic E-state index is 13.4. The Balaban J connectivity index is 1.54. The smallest absolute Gasteiger partial charge is 0.240 e. The normalized spacial score (nSPS) is 16.2. The van der Waals surface area contributed by atoms with E-state index in [4.69, 9.17) is 10.5 Å². The van der Waals surface area contributed by atoms with Crippen LogP contribution < -0.4 is 10.6 Å². The van der Waals surface area contributed by atoms with Crippen LogP contribution in [0, 0.1) is 12.2 Å². The van der Waals surface area contributed by atoms with Gasteiger partial charge in [-0.2, -0.15) is 0 Å². The summed E-state index contributed by atoms with van der Waals surface area (Å²) >= 11 is 0. The molecule has 1 aliphatic rings. The number of ether oxygens (including phenoxy) is 1. The van der Waals surface area contributed by atoms with Gasteiger partial charge in [-0.1, -0.05) is 30.3 Å². The first kappa shape index (κ1) is 16.5. The second-order valence-electron chi connectivity index (χ2n) is 5.84. The first-order chi connectivity index (χ1) is 11.6. The van der Waals surface area contributed by atoms with E-state index in [-0.39, 0.29) is 5.82 Å². The molecule has 1 heterocycles. The SMILES string of the molecule is NC(=O)[C@H]1Cc2cc(F)ccc2N1C[CH]COCc1ccccc1. The largest absolute Gasteiger partial charge is 0.376 e. The van der Waals surface area contributed by atoms with E-state index in [0.717, 1.165) is 16.8 Å². The summed E-state index contributed by atoms with van der Waals surface area (Å²) in [5.74, 6) is -0.695. The second kappa shape index (κ2) is 7.45. The number of hydrogen-bond acceptors (Lipinski definition) is 3. The number of primary amides is 1. The van der Waals surface area contributed by atoms with E-state index in [1.165, 1.54) is 12.1 Å². The number of carbonyl (C=O) groups excluding carboxylic acids is 1. The maximum Gasteiger partial charge on any atom is 0.240 e. The van der Waals surface area contributed by atoms with Crippen LogP contribution in [-0.4, -0.2) is 25.1 Å². The van der Waals surface area contributed by atoms with Crippen LogP contribution >= 0.6 is 0 Å². The van der Waals surface area contributed by atoms with Crippen LogP contribution in [0.4, 0.5) is 10.1 Å². The summed E-state index contributed by atoms with van der Waals surface area (Å²) in [5, 5.41) is 0. The van der Waals surface area contributed by atoms with Crippen LogP contribution in [-0.2, 0) is 22.6 Å². The highest BCUT2D eigenvalue weighted by molar-refractivity contribution is 5.87. The Bertz CT molecular complexity index is 706. The van der Waals surface area contributed by atoms with Crippen molar-refractivity contribution in [3.63, 3.8) is 0 Å². The zero-order valence-corrected chi connectivity index (χ0v) is 13.3. The molecule has 0 unspecified atom stereocenters. The summed E-state index contributed by atoms with van der Waals surface area (Å²) < 4.78 is 19.0. The molecule has 125 valence electrons. The molecule has 0 saturated heterocycles. The van der Waals surface area contributed by atoms with Gasteiger partial charge in [0.15, 0.2) is 0 Å². The molecule has 0 aromatic heterocycles. The van der Waals surface area contributed by atoms with Crippen LogP contribution in [0.1, 0.15) is 11.1 Å². The van der Waals surface area contributed by atoms with Crippen molar-refractivity contribution >= 4 is 11.6 Å². The molecular weight excluding hydrogens is 307 g/mol. The van der Waals surface area contributed by atoms with Crippen LogP contribution in [0.25, 0.3) is 0 Å². The van der Waals surface area contributed by atoms with Crippen LogP contribution in [0.3, 0.4) is 0 Å². The standard InChI is InChI=1S/C19H20FN2O2/c20-16-7-8-17-15(11-16)12-18(19(21)23)22(17)9-4-10-24-13-14-5-2-1-3-6-14/h1-8,11,18H,9-10,12-13H2,(H2,21,23)/t18-/m1/s1. The number of halogens is 1. The molecule has 24 heavy (non-hydrogen) atoms. The average Bonchev–Trinajstić information content (AvgIpc) is 2.93. The zero-order chi connectivity index (χ0) is 16.9. The molecule has 0 bridgehead atoms. The molecule has 1 amide bonds. The van der Waals surface area contributed by atoms with Gasteiger partial charge < -0.3 is 15.4 Å². The lowest BCUT2D eigenvalue weighted by molar-refractivity contribution is -0.119. The summed E-state index contributed by atoms with van der Waals surface area (Å²) in [7, 11) is 0. The Morgan fingerprint density at radius 2 is 2.08 bits per heavy atom. The van der Waals surface area contributed by atoms with Crippen molar-refractivity contribution < 1.29 is 13.9 Å². The fourth-order valence-corrected chi connectivity index (χ4v) is 2.99. The van der Waals surface area contributed by atoms with Crippen molar-refractivity contribution in [3.8, 4) is 0 Å². The van der Waals surface area contributed by atoms with Crippen molar-refractivity contribution in [3.05, 3.63) is 71.9 Å². The van der Waals surface area contributed by atoms with Gasteiger partial charge in [-0.15, -0.1) is 0 Å². The number of nitrogens with two attached hydrogens (primary N) is 1. The lowest BCUT2D eigenvalue weighted by atomic mass is 10.1. The first-order valence-corrected chi connectivity index (χ1v) is 7.93. The molecule has 2 aromatic carbocycles. The Morgan fingerprint density at radius 3 is 2.83 bits per heavy atom. The number of fused-ring (bicyclic) bond motifs is 1. The fraction of sp³-hybridized carbons (Fsp3) is 0.263. The molecule has 1 radical (unpaired) electrons. The number of carbonyl (C=O) groups is 1. The minimum atomic E-state index is -0.438. The van der Waals surface area contributed by atoms with E-state index in [0.29, 0.717) is 26.2 Å². The molecule has 2 N–H and O–H groups in total. The Morgan fingerprint density at radius 1 is 1.29 bits per heavy atom. The molecule has 5 heteroatoms. The van der Waals surface area contributed by atoms with Gasteiger partial charge in [0.2, 0.25) is 5.91 Å². The average molecular weight is 327 g/mol. The van der Waals surface area contributed by atoms with Gasteiger partial charge in [0, 0.05) is 25.1 Å². The fourth-order valence-electron chi connectivity index (χ4n) is 2.99. The van der Waals surface area contributed by atoms with Crippen LogP contribution in [0.2, 0.25) is 0 Å². The summed E-state index contributed by atoms with van der Waals surface area (Å²) in [6.45, 7) is 1.53. The molecule has 0 saturated carbocycles. The highest BCUT2D eigenvalue weighted by Gasteiger charge is 2.32. The van der Waals surface area contributed by atoms with E-state index in [1.54, 1.807) is 6.07 Å². The van der Waals surface area contributed by atoms with E-state index in [9.17, 15) is 9.18 Å². The minimum Gasteiger partial charge on any atom is -0.376 e. The lowest BCUT2D eigenvalue weighted by Crippen LogP contribution is -2.43. The highest BCUT2D eigenvalue weighted by Crippen LogP contribution is 2.32. The van der Waals surface area contributed by atoms with Crippen molar-refractivity contribution in [1.29, 1.82) is 0 Å². The summed E-state index contributed by atoms with van der Waals surface area (Å²) in [4.78, 5) is 13.6. The van der Waals surface area contributed by atoms with E-state index >= 15 is 0 Å². The van der Waals surface area contributed by atoms with Crippen LogP contribution in [0.5, 0.6) is 0 Å². The number of hydrogen-bond donors (Lipinski definition) is 1. The molecule has 0 spiro atoms. The number of benzene rings is 2. The van der Waals surface area contributed by atoms with Crippen LogP contribution in [0.15, 0.2) is 48.5 Å².